The van der Waals surface area contributed by atoms with Crippen molar-refractivity contribution in [2.45, 2.75) is 39.0 Å². The van der Waals surface area contributed by atoms with Crippen LogP contribution in [0.1, 0.15) is 30.9 Å². The lowest BCUT2D eigenvalue weighted by molar-refractivity contribution is 0.0529. The molecule has 4 heterocycles. The van der Waals surface area contributed by atoms with Gasteiger partial charge in [-0.25, -0.2) is 15.0 Å². The smallest absolute Gasteiger partial charge is 0.225 e. The van der Waals surface area contributed by atoms with Crippen LogP contribution in [0.25, 0.3) is 0 Å². The summed E-state index contributed by atoms with van der Waals surface area (Å²) in [7, 11) is 0. The van der Waals surface area contributed by atoms with E-state index in [4.69, 9.17) is 4.74 Å². The summed E-state index contributed by atoms with van der Waals surface area (Å²) in [5.41, 5.74) is 2.28. The Morgan fingerprint density at radius 3 is 2.41 bits per heavy atom. The fourth-order valence-corrected chi connectivity index (χ4v) is 3.61. The Bertz CT molecular complexity index is 714. The normalized spacial score (nSPS) is 20.3. The van der Waals surface area contributed by atoms with Crippen molar-refractivity contribution >= 4 is 11.8 Å². The molecule has 0 saturated carbocycles. The Kier molecular flexibility index (Phi) is 5.79. The molecule has 0 radical (unpaired) electrons. The van der Waals surface area contributed by atoms with Crippen LogP contribution in [0, 0.1) is 0 Å². The maximum atomic E-state index is 5.59. The van der Waals surface area contributed by atoms with Gasteiger partial charge in [0.15, 0.2) is 0 Å². The van der Waals surface area contributed by atoms with Crippen LogP contribution in [-0.2, 0) is 17.8 Å². The molecule has 7 nitrogen and oxygen atoms in total. The minimum atomic E-state index is 0.265. The van der Waals surface area contributed by atoms with Crippen LogP contribution in [0.15, 0.2) is 30.7 Å². The predicted octanol–water partition coefficient (Wildman–Crippen LogP) is 1.99. The van der Waals surface area contributed by atoms with Crippen molar-refractivity contribution in [1.82, 2.24) is 20.3 Å². The van der Waals surface area contributed by atoms with E-state index in [9.17, 15) is 0 Å². The van der Waals surface area contributed by atoms with Crippen LogP contribution in [0.5, 0.6) is 0 Å². The molecule has 2 fully saturated rings. The fourth-order valence-electron chi connectivity index (χ4n) is 3.61. The molecule has 2 saturated heterocycles. The lowest BCUT2D eigenvalue weighted by atomic mass is 10.2. The highest BCUT2D eigenvalue weighted by Crippen LogP contribution is 2.16. The maximum Gasteiger partial charge on any atom is 0.225 e. The van der Waals surface area contributed by atoms with Crippen LogP contribution in [0.3, 0.4) is 0 Å². The molecular formula is C20H28N6O. The molecule has 0 amide bonds. The summed E-state index contributed by atoms with van der Waals surface area (Å²) < 4.78 is 5.59. The molecule has 7 heteroatoms. The first-order valence-electron chi connectivity index (χ1n) is 9.86. The second-order valence-corrected chi connectivity index (χ2v) is 7.34. The molecule has 2 aromatic heterocycles. The lowest BCUT2D eigenvalue weighted by Crippen LogP contribution is -2.41. The van der Waals surface area contributed by atoms with E-state index in [0.29, 0.717) is 0 Å². The topological polar surface area (TPSA) is 66.4 Å². The first kappa shape index (κ1) is 18.1. The number of pyridine rings is 1. The van der Waals surface area contributed by atoms with Crippen molar-refractivity contribution < 1.29 is 4.74 Å². The van der Waals surface area contributed by atoms with Gasteiger partial charge in [-0.15, -0.1) is 0 Å². The van der Waals surface area contributed by atoms with Crippen molar-refractivity contribution in [2.24, 2.45) is 0 Å². The average Bonchev–Trinajstić information content (AvgIpc) is 3.24. The van der Waals surface area contributed by atoms with Crippen molar-refractivity contribution in [3.05, 3.63) is 41.9 Å². The van der Waals surface area contributed by atoms with Crippen LogP contribution in [0.4, 0.5) is 11.8 Å². The van der Waals surface area contributed by atoms with Gasteiger partial charge in [0, 0.05) is 63.4 Å². The summed E-state index contributed by atoms with van der Waals surface area (Å²) in [6, 6.07) is 4.24. The molecule has 2 aliphatic heterocycles. The Hall–Kier alpha value is -2.25. The Morgan fingerprint density at radius 2 is 1.70 bits per heavy atom. The van der Waals surface area contributed by atoms with Gasteiger partial charge in [-0.05, 0) is 31.4 Å². The summed E-state index contributed by atoms with van der Waals surface area (Å²) in [4.78, 5) is 18.2. The minimum absolute atomic E-state index is 0.265. The molecule has 4 rings (SSSR count). The number of aromatic nitrogens is 3. The fraction of sp³-hybridized carbons (Fsp3) is 0.550. The molecule has 0 spiro atoms. The summed E-state index contributed by atoms with van der Waals surface area (Å²) in [6.45, 7) is 8.36. The zero-order valence-corrected chi connectivity index (χ0v) is 16.0. The highest BCUT2D eigenvalue weighted by atomic mass is 16.5. The van der Waals surface area contributed by atoms with E-state index in [2.05, 4.69) is 49.1 Å². The number of ether oxygens (including phenoxy) is 1. The zero-order chi connectivity index (χ0) is 18.5. The maximum absolute atomic E-state index is 5.59. The molecule has 1 N–H and O–H groups in total. The highest BCUT2D eigenvalue weighted by molar-refractivity contribution is 5.40. The minimum Gasteiger partial charge on any atom is -0.375 e. The van der Waals surface area contributed by atoms with Crippen molar-refractivity contribution in [3.63, 3.8) is 0 Å². The van der Waals surface area contributed by atoms with E-state index < -0.39 is 0 Å². The van der Waals surface area contributed by atoms with Gasteiger partial charge in [-0.3, -0.25) is 0 Å². The Labute approximate surface area is 160 Å². The van der Waals surface area contributed by atoms with E-state index >= 15 is 0 Å². The molecule has 2 aromatic rings. The second-order valence-electron chi connectivity index (χ2n) is 7.34. The van der Waals surface area contributed by atoms with Crippen molar-refractivity contribution in [3.8, 4) is 0 Å². The molecule has 0 bridgehead atoms. The first-order valence-corrected chi connectivity index (χ1v) is 9.86. The Morgan fingerprint density at radius 1 is 0.963 bits per heavy atom. The molecule has 144 valence electrons. The highest BCUT2D eigenvalue weighted by Gasteiger charge is 2.17. The molecule has 0 aromatic carbocycles. The van der Waals surface area contributed by atoms with E-state index in [1.807, 2.05) is 18.6 Å². The largest absolute Gasteiger partial charge is 0.375 e. The molecular weight excluding hydrogens is 340 g/mol. The first-order chi connectivity index (χ1) is 13.3. The quantitative estimate of drug-likeness (QED) is 0.836. The Balaban J connectivity index is 1.25. The predicted molar refractivity (Wildman–Crippen MR) is 106 cm³/mol. The van der Waals surface area contributed by atoms with Gasteiger partial charge in [0.25, 0.3) is 0 Å². The van der Waals surface area contributed by atoms with E-state index in [1.54, 1.807) is 0 Å². The third-order valence-corrected chi connectivity index (χ3v) is 5.11. The molecule has 1 atom stereocenters. The van der Waals surface area contributed by atoms with Crippen LogP contribution in [0.2, 0.25) is 0 Å². The number of hydrogen-bond donors (Lipinski definition) is 1. The number of nitrogens with one attached hydrogen (secondary N) is 1. The number of hydrogen-bond acceptors (Lipinski definition) is 7. The van der Waals surface area contributed by atoms with Gasteiger partial charge in [-0.2, -0.15) is 0 Å². The summed E-state index contributed by atoms with van der Waals surface area (Å²) in [6.07, 6.45) is 8.55. The van der Waals surface area contributed by atoms with E-state index in [-0.39, 0.29) is 6.10 Å². The average molecular weight is 368 g/mol. The van der Waals surface area contributed by atoms with Gasteiger partial charge in [0.2, 0.25) is 5.95 Å². The van der Waals surface area contributed by atoms with Gasteiger partial charge in [0.1, 0.15) is 5.82 Å². The van der Waals surface area contributed by atoms with Gasteiger partial charge in [0.05, 0.1) is 12.7 Å². The van der Waals surface area contributed by atoms with Crippen LogP contribution in [-0.4, -0.2) is 53.8 Å². The van der Waals surface area contributed by atoms with Crippen LogP contribution >= 0.6 is 0 Å². The third-order valence-electron chi connectivity index (χ3n) is 5.11. The number of anilines is 2. The molecule has 27 heavy (non-hydrogen) atoms. The van der Waals surface area contributed by atoms with E-state index in [1.165, 1.54) is 18.4 Å². The van der Waals surface area contributed by atoms with Crippen LogP contribution < -0.4 is 15.1 Å². The number of morpholine rings is 1. The third kappa shape index (κ3) is 4.73. The SMILES string of the molecule is CC1CN(c2ccc(CNCc3cnc(N4CCCC4)nc3)cn2)CCO1. The zero-order valence-electron chi connectivity index (χ0n) is 16.0. The second kappa shape index (κ2) is 8.63. The van der Waals surface area contributed by atoms with Crippen molar-refractivity contribution in [2.75, 3.05) is 42.6 Å². The summed E-state index contributed by atoms with van der Waals surface area (Å²) in [5.74, 6) is 1.88. The number of nitrogens with zero attached hydrogens (tertiary/aromatic N) is 5. The lowest BCUT2D eigenvalue weighted by Gasteiger charge is -2.32. The summed E-state index contributed by atoms with van der Waals surface area (Å²) in [5, 5.41) is 3.45. The van der Waals surface area contributed by atoms with Gasteiger partial charge >= 0.3 is 0 Å². The molecule has 1 unspecified atom stereocenters. The van der Waals surface area contributed by atoms with Gasteiger partial charge in [-0.1, -0.05) is 6.07 Å². The van der Waals surface area contributed by atoms with Gasteiger partial charge < -0.3 is 19.9 Å². The molecule has 0 aliphatic carbocycles. The van der Waals surface area contributed by atoms with Crippen molar-refractivity contribution in [1.29, 1.82) is 0 Å². The number of rotatable bonds is 6. The monoisotopic (exact) mass is 368 g/mol. The molecule has 2 aliphatic rings. The summed E-state index contributed by atoms with van der Waals surface area (Å²) >= 11 is 0. The standard InChI is InChI=1S/C20H28N6O/c1-16-15-26(8-9-27-16)19-5-4-17(12-22-19)10-21-11-18-13-23-20(24-14-18)25-6-2-3-7-25/h4-5,12-14,16,21H,2-3,6-11,15H2,1H3. The van der Waals surface area contributed by atoms with E-state index in [0.717, 1.165) is 63.2 Å².